The van der Waals surface area contributed by atoms with E-state index in [0.717, 1.165) is 28.4 Å². The molecule has 0 saturated heterocycles. The average molecular weight is 703 g/mol. The summed E-state index contributed by atoms with van der Waals surface area (Å²) in [5, 5.41) is 7.37. The quantitative estimate of drug-likeness (QED) is 0.172. The maximum atomic E-state index is 4.50. The molecule has 0 aliphatic heterocycles. The predicted molar refractivity (Wildman–Crippen MR) is 231 cm³/mol. The highest BCUT2D eigenvalue weighted by atomic mass is 15.1. The number of aromatic nitrogens is 3. The number of benzene rings is 8. The van der Waals surface area contributed by atoms with E-state index in [1.54, 1.807) is 0 Å². The van der Waals surface area contributed by atoms with Crippen molar-refractivity contribution < 1.29 is 0 Å². The number of hydrogen-bond acceptors (Lipinski definition) is 2. The fourth-order valence-electron chi connectivity index (χ4n) is 8.60. The largest absolute Gasteiger partial charge is 0.309 e. The van der Waals surface area contributed by atoms with Crippen LogP contribution in [0.5, 0.6) is 0 Å². The first-order valence-corrected chi connectivity index (χ1v) is 18.7. The summed E-state index contributed by atoms with van der Waals surface area (Å²) in [6.45, 7) is 0. The monoisotopic (exact) mass is 702 g/mol. The van der Waals surface area contributed by atoms with Gasteiger partial charge in [0.1, 0.15) is 0 Å². The molecule has 0 aliphatic carbocycles. The third kappa shape index (κ3) is 4.96. The number of anilines is 3. The summed E-state index contributed by atoms with van der Waals surface area (Å²) < 4.78 is 4.80. The summed E-state index contributed by atoms with van der Waals surface area (Å²) in [5.74, 6) is 0. The zero-order chi connectivity index (χ0) is 36.3. The SMILES string of the molecule is c1ccc(-n2c3ccccc3c3c(-c4ccc5c6ccccc6n(-c6ccc(N(c7cccnc7)c7cccc8ccccc78)cc6)c5c4)cccc32)cc1. The van der Waals surface area contributed by atoms with Gasteiger partial charge in [0.15, 0.2) is 0 Å². The van der Waals surface area contributed by atoms with E-state index in [-0.39, 0.29) is 0 Å². The van der Waals surface area contributed by atoms with Gasteiger partial charge in [0, 0.05) is 50.2 Å². The Morgan fingerprint density at radius 3 is 1.85 bits per heavy atom. The normalized spacial score (nSPS) is 11.6. The second kappa shape index (κ2) is 12.6. The van der Waals surface area contributed by atoms with Gasteiger partial charge in [-0.3, -0.25) is 4.98 Å². The predicted octanol–water partition coefficient (Wildman–Crippen LogP) is 13.6. The van der Waals surface area contributed by atoms with Crippen LogP contribution >= 0.6 is 0 Å². The summed E-state index contributed by atoms with van der Waals surface area (Å²) in [6, 6.07) is 70.0. The maximum absolute atomic E-state index is 4.50. The summed E-state index contributed by atoms with van der Waals surface area (Å²) in [5.41, 5.74) is 12.6. The summed E-state index contributed by atoms with van der Waals surface area (Å²) in [4.78, 5) is 6.80. The molecule has 4 nitrogen and oxygen atoms in total. The molecule has 0 unspecified atom stereocenters. The fourth-order valence-corrected chi connectivity index (χ4v) is 8.60. The molecule has 8 aromatic carbocycles. The lowest BCUT2D eigenvalue weighted by atomic mass is 9.98. The first kappa shape index (κ1) is 31.1. The third-order valence-electron chi connectivity index (χ3n) is 11.0. The molecular weight excluding hydrogens is 669 g/mol. The number of rotatable bonds is 6. The molecule has 0 radical (unpaired) electrons. The minimum absolute atomic E-state index is 1.01. The average Bonchev–Trinajstić information content (AvgIpc) is 3.78. The number of para-hydroxylation sites is 3. The summed E-state index contributed by atoms with van der Waals surface area (Å²) in [6.07, 6.45) is 3.76. The van der Waals surface area contributed by atoms with E-state index in [9.17, 15) is 0 Å². The van der Waals surface area contributed by atoms with Gasteiger partial charge in [0.05, 0.1) is 39.6 Å². The first-order chi connectivity index (χ1) is 27.3. The van der Waals surface area contributed by atoms with E-state index >= 15 is 0 Å². The van der Waals surface area contributed by atoms with Crippen molar-refractivity contribution in [1.29, 1.82) is 0 Å². The van der Waals surface area contributed by atoms with Crippen LogP contribution in [-0.4, -0.2) is 14.1 Å². The zero-order valence-electron chi connectivity index (χ0n) is 29.9. The molecule has 258 valence electrons. The molecule has 3 heterocycles. The Morgan fingerprint density at radius 2 is 1.04 bits per heavy atom. The number of nitrogens with zero attached hydrogens (tertiary/aromatic N) is 4. The Balaban J connectivity index is 1.09. The highest BCUT2D eigenvalue weighted by Gasteiger charge is 2.20. The molecule has 0 N–H and O–H groups in total. The molecule has 0 saturated carbocycles. The van der Waals surface area contributed by atoms with Crippen molar-refractivity contribution in [2.24, 2.45) is 0 Å². The molecule has 0 aliphatic rings. The minimum Gasteiger partial charge on any atom is -0.309 e. The van der Waals surface area contributed by atoms with Crippen molar-refractivity contribution in [2.45, 2.75) is 0 Å². The van der Waals surface area contributed by atoms with E-state index in [0.29, 0.717) is 0 Å². The fraction of sp³-hybridized carbons (Fsp3) is 0. The highest BCUT2D eigenvalue weighted by molar-refractivity contribution is 6.17. The van der Waals surface area contributed by atoms with Crippen LogP contribution in [0.3, 0.4) is 0 Å². The smallest absolute Gasteiger partial charge is 0.0645 e. The van der Waals surface area contributed by atoms with Gasteiger partial charge in [-0.1, -0.05) is 115 Å². The van der Waals surface area contributed by atoms with Crippen molar-refractivity contribution in [3.05, 3.63) is 207 Å². The van der Waals surface area contributed by atoms with Gasteiger partial charge in [-0.25, -0.2) is 0 Å². The second-order valence-corrected chi connectivity index (χ2v) is 14.0. The van der Waals surface area contributed by atoms with Gasteiger partial charge in [-0.15, -0.1) is 0 Å². The van der Waals surface area contributed by atoms with Crippen molar-refractivity contribution in [3.63, 3.8) is 0 Å². The van der Waals surface area contributed by atoms with Crippen LogP contribution < -0.4 is 4.90 Å². The highest BCUT2D eigenvalue weighted by Crippen LogP contribution is 2.42. The van der Waals surface area contributed by atoms with Crippen LogP contribution in [0.2, 0.25) is 0 Å². The molecule has 3 aromatic heterocycles. The molecule has 0 amide bonds. The minimum atomic E-state index is 1.01. The lowest BCUT2D eigenvalue weighted by Crippen LogP contribution is -2.10. The summed E-state index contributed by atoms with van der Waals surface area (Å²) >= 11 is 0. The molecule has 0 atom stereocenters. The van der Waals surface area contributed by atoms with Gasteiger partial charge < -0.3 is 14.0 Å². The van der Waals surface area contributed by atoms with Gasteiger partial charge in [0.25, 0.3) is 0 Å². The van der Waals surface area contributed by atoms with Gasteiger partial charge in [-0.2, -0.15) is 0 Å². The van der Waals surface area contributed by atoms with Crippen LogP contribution in [0.15, 0.2) is 207 Å². The van der Waals surface area contributed by atoms with Crippen LogP contribution in [0.1, 0.15) is 0 Å². The number of fused-ring (bicyclic) bond motifs is 7. The van der Waals surface area contributed by atoms with E-state index in [1.807, 2.05) is 18.5 Å². The van der Waals surface area contributed by atoms with E-state index in [4.69, 9.17) is 0 Å². The molecular formula is C51H34N4. The molecule has 11 rings (SSSR count). The van der Waals surface area contributed by atoms with Crippen molar-refractivity contribution in [3.8, 4) is 22.5 Å². The number of pyridine rings is 1. The van der Waals surface area contributed by atoms with E-state index in [2.05, 4.69) is 207 Å². The topological polar surface area (TPSA) is 26.0 Å². The molecule has 55 heavy (non-hydrogen) atoms. The Bertz CT molecular complexity index is 3190. The lowest BCUT2D eigenvalue weighted by molar-refractivity contribution is 1.17. The molecule has 4 heteroatoms. The van der Waals surface area contributed by atoms with E-state index in [1.165, 1.54) is 65.5 Å². The Hall–Kier alpha value is -7.43. The van der Waals surface area contributed by atoms with Crippen molar-refractivity contribution in [1.82, 2.24) is 14.1 Å². The third-order valence-corrected chi connectivity index (χ3v) is 11.0. The lowest BCUT2D eigenvalue weighted by Gasteiger charge is -2.26. The standard InChI is InChI=1S/C51H34N4/c1-2-15-37(16-3-1)54-48-23-9-7-20-45(48)51-42(21-11-25-49(51)54)36-26-31-44-43-19-6-8-22-47(43)55(50(44)33-36)39-29-27-38(28-30-39)53(40-17-12-32-52-34-40)46-24-10-14-35-13-4-5-18-41(35)46/h1-34H. The van der Waals surface area contributed by atoms with Crippen LogP contribution in [-0.2, 0) is 0 Å². The van der Waals surface area contributed by atoms with Gasteiger partial charge in [-0.05, 0) is 95.4 Å². The first-order valence-electron chi connectivity index (χ1n) is 18.7. The zero-order valence-corrected chi connectivity index (χ0v) is 29.9. The van der Waals surface area contributed by atoms with E-state index < -0.39 is 0 Å². The Kier molecular flexibility index (Phi) is 7.14. The number of hydrogen-bond donors (Lipinski definition) is 0. The van der Waals surface area contributed by atoms with Crippen molar-refractivity contribution >= 4 is 71.4 Å². The Labute approximate surface area is 318 Å². The molecule has 0 spiro atoms. The van der Waals surface area contributed by atoms with Gasteiger partial charge >= 0.3 is 0 Å². The molecule has 0 fully saturated rings. The maximum Gasteiger partial charge on any atom is 0.0645 e. The molecule has 11 aromatic rings. The summed E-state index contributed by atoms with van der Waals surface area (Å²) in [7, 11) is 0. The van der Waals surface area contributed by atoms with Crippen LogP contribution in [0.25, 0.3) is 76.9 Å². The second-order valence-electron chi connectivity index (χ2n) is 14.0. The molecule has 0 bridgehead atoms. The Morgan fingerprint density at radius 1 is 0.400 bits per heavy atom. The van der Waals surface area contributed by atoms with Crippen LogP contribution in [0, 0.1) is 0 Å². The van der Waals surface area contributed by atoms with Crippen molar-refractivity contribution in [2.75, 3.05) is 4.90 Å². The van der Waals surface area contributed by atoms with Gasteiger partial charge in [0.2, 0.25) is 0 Å². The van der Waals surface area contributed by atoms with Crippen LogP contribution in [0.4, 0.5) is 17.1 Å².